The number of sulfonamides is 1. The molecule has 2 aromatic carbocycles. The molecule has 2 aromatic rings. The average molecular weight is 360 g/mol. The molecule has 0 saturated heterocycles. The van der Waals surface area contributed by atoms with Crippen molar-refractivity contribution in [1.82, 2.24) is 0 Å². The molecule has 0 radical (unpaired) electrons. The number of amides is 1. The van der Waals surface area contributed by atoms with E-state index in [1.54, 1.807) is 6.07 Å². The lowest BCUT2D eigenvalue weighted by atomic mass is 10.1. The van der Waals surface area contributed by atoms with Gasteiger partial charge in [0, 0.05) is 5.69 Å². The minimum atomic E-state index is -3.59. The molecule has 0 aliphatic carbocycles. The van der Waals surface area contributed by atoms with Crippen molar-refractivity contribution in [3.8, 4) is 0 Å². The second kappa shape index (κ2) is 7.27. The standard InChI is InChI=1S/C19H24N2O3S/c1-13-6-7-15(3)18(10-13)21(25(5,23)24)12-19(22)20-17-9-8-14(2)16(4)11-17/h6-11H,12H2,1-5H3,(H,20,22). The molecule has 0 atom stereocenters. The van der Waals surface area contributed by atoms with Crippen molar-refractivity contribution in [3.05, 3.63) is 58.7 Å². The normalized spacial score (nSPS) is 11.2. The first kappa shape index (κ1) is 19.0. The number of rotatable bonds is 5. The summed E-state index contributed by atoms with van der Waals surface area (Å²) in [5.41, 5.74) is 5.11. The molecule has 0 bridgehead atoms. The van der Waals surface area contributed by atoms with Crippen molar-refractivity contribution >= 4 is 27.3 Å². The molecule has 0 spiro atoms. The molecule has 0 heterocycles. The quantitative estimate of drug-likeness (QED) is 0.889. The second-order valence-corrected chi connectivity index (χ2v) is 8.31. The second-order valence-electron chi connectivity index (χ2n) is 6.41. The van der Waals surface area contributed by atoms with Crippen LogP contribution < -0.4 is 9.62 Å². The van der Waals surface area contributed by atoms with E-state index < -0.39 is 10.0 Å². The van der Waals surface area contributed by atoms with Gasteiger partial charge < -0.3 is 5.32 Å². The molecule has 1 amide bonds. The van der Waals surface area contributed by atoms with Crippen molar-refractivity contribution in [2.75, 3.05) is 22.4 Å². The maximum atomic E-state index is 12.4. The smallest absolute Gasteiger partial charge is 0.245 e. The summed E-state index contributed by atoms with van der Waals surface area (Å²) in [6, 6.07) is 11.1. The number of benzene rings is 2. The third kappa shape index (κ3) is 4.82. The van der Waals surface area contributed by atoms with E-state index in [2.05, 4.69) is 5.32 Å². The van der Waals surface area contributed by atoms with Crippen LogP contribution in [0.25, 0.3) is 0 Å². The van der Waals surface area contributed by atoms with E-state index in [1.807, 2.05) is 58.0 Å². The van der Waals surface area contributed by atoms with Crippen molar-refractivity contribution < 1.29 is 13.2 Å². The molecule has 0 saturated carbocycles. The fraction of sp³-hybridized carbons (Fsp3) is 0.316. The lowest BCUT2D eigenvalue weighted by Gasteiger charge is -2.24. The van der Waals surface area contributed by atoms with Gasteiger partial charge in [-0.05, 0) is 68.1 Å². The lowest BCUT2D eigenvalue weighted by molar-refractivity contribution is -0.114. The Kier molecular flexibility index (Phi) is 5.52. The molecule has 0 unspecified atom stereocenters. The highest BCUT2D eigenvalue weighted by Crippen LogP contribution is 2.24. The number of nitrogens with zero attached hydrogens (tertiary/aromatic N) is 1. The van der Waals surface area contributed by atoms with Crippen molar-refractivity contribution in [3.63, 3.8) is 0 Å². The van der Waals surface area contributed by atoms with Gasteiger partial charge in [-0.1, -0.05) is 18.2 Å². The molecule has 25 heavy (non-hydrogen) atoms. The number of aryl methyl sites for hydroxylation is 4. The van der Waals surface area contributed by atoms with E-state index in [9.17, 15) is 13.2 Å². The summed E-state index contributed by atoms with van der Waals surface area (Å²) in [5.74, 6) is -0.380. The molecule has 2 rings (SSSR count). The van der Waals surface area contributed by atoms with E-state index in [0.29, 0.717) is 11.4 Å². The zero-order chi connectivity index (χ0) is 18.8. The molecule has 1 N–H and O–H groups in total. The Morgan fingerprint density at radius 1 is 0.960 bits per heavy atom. The van der Waals surface area contributed by atoms with Crippen LogP contribution in [0.2, 0.25) is 0 Å². The van der Waals surface area contributed by atoms with Gasteiger partial charge in [-0.15, -0.1) is 0 Å². The third-order valence-corrected chi connectivity index (χ3v) is 5.24. The summed E-state index contributed by atoms with van der Waals surface area (Å²) in [7, 11) is -3.59. The Bertz CT molecular complexity index is 905. The monoisotopic (exact) mass is 360 g/mol. The van der Waals surface area contributed by atoms with Gasteiger partial charge in [-0.25, -0.2) is 8.42 Å². The van der Waals surface area contributed by atoms with Crippen LogP contribution in [0.3, 0.4) is 0 Å². The van der Waals surface area contributed by atoms with Crippen LogP contribution in [0.1, 0.15) is 22.3 Å². The molecule has 0 aliphatic rings. The van der Waals surface area contributed by atoms with Gasteiger partial charge in [0.05, 0.1) is 11.9 Å². The van der Waals surface area contributed by atoms with E-state index in [-0.39, 0.29) is 12.5 Å². The summed E-state index contributed by atoms with van der Waals surface area (Å²) in [6.07, 6.45) is 1.11. The van der Waals surface area contributed by atoms with E-state index in [4.69, 9.17) is 0 Å². The number of hydrogen-bond acceptors (Lipinski definition) is 3. The third-order valence-electron chi connectivity index (χ3n) is 4.11. The Morgan fingerprint density at radius 2 is 1.60 bits per heavy atom. The lowest BCUT2D eigenvalue weighted by Crippen LogP contribution is -2.37. The molecular weight excluding hydrogens is 336 g/mol. The van der Waals surface area contributed by atoms with Crippen LogP contribution >= 0.6 is 0 Å². The predicted molar refractivity (Wildman–Crippen MR) is 103 cm³/mol. The van der Waals surface area contributed by atoms with Crippen molar-refractivity contribution in [2.45, 2.75) is 27.7 Å². The number of hydrogen-bond donors (Lipinski definition) is 1. The van der Waals surface area contributed by atoms with Crippen LogP contribution in [0.5, 0.6) is 0 Å². The Hall–Kier alpha value is -2.34. The van der Waals surface area contributed by atoms with Crippen LogP contribution in [0.4, 0.5) is 11.4 Å². The zero-order valence-electron chi connectivity index (χ0n) is 15.3. The number of anilines is 2. The maximum absolute atomic E-state index is 12.4. The van der Waals surface area contributed by atoms with E-state index in [1.165, 1.54) is 0 Å². The molecular formula is C19H24N2O3S. The maximum Gasteiger partial charge on any atom is 0.245 e. The van der Waals surface area contributed by atoms with Gasteiger partial charge in [0.15, 0.2) is 0 Å². The average Bonchev–Trinajstić information content (AvgIpc) is 2.50. The van der Waals surface area contributed by atoms with E-state index in [0.717, 1.165) is 32.8 Å². The summed E-state index contributed by atoms with van der Waals surface area (Å²) in [5, 5.41) is 2.77. The highest BCUT2D eigenvalue weighted by Gasteiger charge is 2.22. The van der Waals surface area contributed by atoms with Gasteiger partial charge in [0.25, 0.3) is 0 Å². The number of carbonyl (C=O) groups is 1. The Labute approximate surface area is 149 Å². The number of carbonyl (C=O) groups excluding carboxylic acids is 1. The molecule has 6 heteroatoms. The molecule has 0 aromatic heterocycles. The topological polar surface area (TPSA) is 66.5 Å². The molecule has 0 aliphatic heterocycles. The van der Waals surface area contributed by atoms with E-state index >= 15 is 0 Å². The summed E-state index contributed by atoms with van der Waals surface area (Å²) < 4.78 is 25.6. The highest BCUT2D eigenvalue weighted by atomic mass is 32.2. The molecule has 134 valence electrons. The highest BCUT2D eigenvalue weighted by molar-refractivity contribution is 7.92. The molecule has 5 nitrogen and oxygen atoms in total. The summed E-state index contributed by atoms with van der Waals surface area (Å²) in [6.45, 7) is 7.40. The summed E-state index contributed by atoms with van der Waals surface area (Å²) >= 11 is 0. The first-order valence-electron chi connectivity index (χ1n) is 8.00. The zero-order valence-corrected chi connectivity index (χ0v) is 16.1. The number of nitrogens with one attached hydrogen (secondary N) is 1. The first-order valence-corrected chi connectivity index (χ1v) is 9.85. The van der Waals surface area contributed by atoms with Crippen LogP contribution in [-0.2, 0) is 14.8 Å². The van der Waals surface area contributed by atoms with Crippen LogP contribution in [0, 0.1) is 27.7 Å². The Morgan fingerprint density at radius 3 is 2.20 bits per heavy atom. The van der Waals surface area contributed by atoms with Gasteiger partial charge in [-0.2, -0.15) is 0 Å². The van der Waals surface area contributed by atoms with Crippen LogP contribution in [0.15, 0.2) is 36.4 Å². The van der Waals surface area contributed by atoms with Gasteiger partial charge in [0.1, 0.15) is 6.54 Å². The summed E-state index contributed by atoms with van der Waals surface area (Å²) in [4.78, 5) is 12.4. The first-order chi connectivity index (χ1) is 11.6. The fourth-order valence-corrected chi connectivity index (χ4v) is 3.43. The van der Waals surface area contributed by atoms with Crippen molar-refractivity contribution in [2.24, 2.45) is 0 Å². The SMILES string of the molecule is Cc1ccc(C)c(N(CC(=O)Nc2ccc(C)c(C)c2)S(C)(=O)=O)c1. The van der Waals surface area contributed by atoms with Crippen LogP contribution in [-0.4, -0.2) is 27.1 Å². The van der Waals surface area contributed by atoms with Gasteiger partial charge in [-0.3, -0.25) is 9.10 Å². The predicted octanol–water partition coefficient (Wildman–Crippen LogP) is 3.32. The molecule has 0 fully saturated rings. The van der Waals surface area contributed by atoms with Gasteiger partial charge >= 0.3 is 0 Å². The largest absolute Gasteiger partial charge is 0.325 e. The minimum Gasteiger partial charge on any atom is -0.325 e. The van der Waals surface area contributed by atoms with Gasteiger partial charge in [0.2, 0.25) is 15.9 Å². The fourth-order valence-electron chi connectivity index (χ4n) is 2.52. The minimum absolute atomic E-state index is 0.268. The Balaban J connectivity index is 2.27. The van der Waals surface area contributed by atoms with Crippen molar-refractivity contribution in [1.29, 1.82) is 0 Å².